The van der Waals surface area contributed by atoms with E-state index in [2.05, 4.69) is 9.97 Å². The molecule has 0 radical (unpaired) electrons. The van der Waals surface area contributed by atoms with Gasteiger partial charge < -0.3 is 24.1 Å². The maximum Gasteiger partial charge on any atom is 1.00 e. The number of rotatable bonds is 5. The van der Waals surface area contributed by atoms with Gasteiger partial charge in [0.1, 0.15) is 6.33 Å². The summed E-state index contributed by atoms with van der Waals surface area (Å²) >= 11 is 0. The Labute approximate surface area is 132 Å². The summed E-state index contributed by atoms with van der Waals surface area (Å²) in [6.07, 6.45) is 0.241. The molecule has 7 nitrogen and oxygen atoms in total. The Balaban J connectivity index is 0.00000180. The molecule has 1 aliphatic heterocycles. The van der Waals surface area contributed by atoms with Crippen molar-refractivity contribution in [3.8, 4) is 5.88 Å². The fourth-order valence-electron chi connectivity index (χ4n) is 1.70. The molecule has 0 amide bonds. The van der Waals surface area contributed by atoms with Crippen molar-refractivity contribution >= 4 is 5.97 Å². The molecule has 2 heterocycles. The summed E-state index contributed by atoms with van der Waals surface area (Å²) in [7, 11) is 0. The first-order chi connectivity index (χ1) is 8.72. The standard InChI is InChI=1S/C11H14N2O5.Na/c1-2-16-10-9(11-17-3-4-18-11)7(5-8(14)15)12-6-13-10;/h6,11H,2-5H2,1H3,(H,14,15);/q;+1/p-1. The van der Waals surface area contributed by atoms with Gasteiger partial charge >= 0.3 is 29.6 Å². The van der Waals surface area contributed by atoms with Gasteiger partial charge in [-0.3, -0.25) is 0 Å². The molecule has 0 unspecified atom stereocenters. The second kappa shape index (κ2) is 7.76. The van der Waals surface area contributed by atoms with Crippen LogP contribution >= 0.6 is 0 Å². The van der Waals surface area contributed by atoms with Gasteiger partial charge in [-0.15, -0.1) is 0 Å². The van der Waals surface area contributed by atoms with E-state index in [9.17, 15) is 9.90 Å². The van der Waals surface area contributed by atoms with Crippen molar-refractivity contribution in [2.75, 3.05) is 19.8 Å². The Hall–Kier alpha value is -0.730. The molecule has 1 aromatic rings. The van der Waals surface area contributed by atoms with Crippen LogP contribution in [0, 0.1) is 0 Å². The normalized spacial score (nSPS) is 15.0. The van der Waals surface area contributed by atoms with Gasteiger partial charge in [0, 0.05) is 12.4 Å². The van der Waals surface area contributed by atoms with Crippen LogP contribution in [0.4, 0.5) is 0 Å². The zero-order valence-electron chi connectivity index (χ0n) is 10.9. The molecule has 1 aliphatic rings. The number of ether oxygens (including phenoxy) is 3. The average Bonchev–Trinajstić information content (AvgIpc) is 2.82. The summed E-state index contributed by atoms with van der Waals surface area (Å²) < 4.78 is 16.1. The van der Waals surface area contributed by atoms with Crippen LogP contribution in [-0.4, -0.2) is 35.8 Å². The number of carbonyl (C=O) groups is 1. The van der Waals surface area contributed by atoms with E-state index in [0.717, 1.165) is 0 Å². The zero-order chi connectivity index (χ0) is 13.0. The Morgan fingerprint density at radius 3 is 2.74 bits per heavy atom. The second-order valence-corrected chi connectivity index (χ2v) is 3.59. The molecule has 98 valence electrons. The third-order valence-electron chi connectivity index (χ3n) is 2.38. The first kappa shape index (κ1) is 16.3. The van der Waals surface area contributed by atoms with Crippen LogP contribution in [-0.2, 0) is 20.7 Å². The van der Waals surface area contributed by atoms with Gasteiger partial charge in [0.25, 0.3) is 0 Å². The molecule has 8 heteroatoms. The number of nitrogens with zero attached hydrogens (tertiary/aromatic N) is 2. The fraction of sp³-hybridized carbons (Fsp3) is 0.545. The number of hydrogen-bond donors (Lipinski definition) is 0. The third-order valence-corrected chi connectivity index (χ3v) is 2.38. The number of hydrogen-bond acceptors (Lipinski definition) is 7. The van der Waals surface area contributed by atoms with Gasteiger partial charge in [-0.2, -0.15) is 0 Å². The summed E-state index contributed by atoms with van der Waals surface area (Å²) in [6, 6.07) is 0. The van der Waals surface area contributed by atoms with Crippen LogP contribution in [0.2, 0.25) is 0 Å². The van der Waals surface area contributed by atoms with E-state index in [1.165, 1.54) is 6.33 Å². The molecular formula is C11H13N2NaO5. The molecule has 0 atom stereocenters. The average molecular weight is 276 g/mol. The van der Waals surface area contributed by atoms with Crippen molar-refractivity contribution in [3.05, 3.63) is 17.6 Å². The predicted octanol–water partition coefficient (Wildman–Crippen LogP) is -3.78. The summed E-state index contributed by atoms with van der Waals surface area (Å²) in [5.74, 6) is -0.939. The minimum absolute atomic E-state index is 0. The van der Waals surface area contributed by atoms with E-state index in [4.69, 9.17) is 14.2 Å². The maximum atomic E-state index is 10.7. The zero-order valence-corrected chi connectivity index (χ0v) is 12.9. The van der Waals surface area contributed by atoms with Crippen LogP contribution < -0.4 is 39.4 Å². The molecule has 1 aromatic heterocycles. The SMILES string of the molecule is CCOc1ncnc(CC(=O)[O-])c1C1OCCO1.[Na+]. The van der Waals surface area contributed by atoms with Crippen LogP contribution in [0.15, 0.2) is 6.33 Å². The van der Waals surface area contributed by atoms with Crippen molar-refractivity contribution in [2.24, 2.45) is 0 Å². The Morgan fingerprint density at radius 2 is 2.16 bits per heavy atom. The van der Waals surface area contributed by atoms with Crippen LogP contribution in [0.3, 0.4) is 0 Å². The van der Waals surface area contributed by atoms with E-state index in [0.29, 0.717) is 31.1 Å². The Morgan fingerprint density at radius 1 is 1.47 bits per heavy atom. The molecule has 1 saturated heterocycles. The van der Waals surface area contributed by atoms with Gasteiger partial charge in [0.15, 0.2) is 6.29 Å². The van der Waals surface area contributed by atoms with E-state index in [1.54, 1.807) is 6.92 Å². The van der Waals surface area contributed by atoms with E-state index in [-0.39, 0.29) is 41.9 Å². The minimum atomic E-state index is -1.23. The van der Waals surface area contributed by atoms with Crippen molar-refractivity contribution in [1.82, 2.24) is 9.97 Å². The van der Waals surface area contributed by atoms with E-state index < -0.39 is 12.3 Å². The van der Waals surface area contributed by atoms with E-state index >= 15 is 0 Å². The van der Waals surface area contributed by atoms with Gasteiger partial charge in [-0.05, 0) is 6.92 Å². The second-order valence-electron chi connectivity index (χ2n) is 3.59. The third kappa shape index (κ3) is 4.12. The van der Waals surface area contributed by atoms with Crippen LogP contribution in [0.5, 0.6) is 5.88 Å². The Bertz CT molecular complexity index is 437. The van der Waals surface area contributed by atoms with Crippen molar-refractivity contribution < 1.29 is 53.7 Å². The summed E-state index contributed by atoms with van der Waals surface area (Å²) in [5.41, 5.74) is 0.724. The molecule has 0 N–H and O–H groups in total. The number of carboxylic acids is 1. The first-order valence-electron chi connectivity index (χ1n) is 5.62. The number of aromatic nitrogens is 2. The van der Waals surface area contributed by atoms with Crippen molar-refractivity contribution in [1.29, 1.82) is 0 Å². The summed E-state index contributed by atoms with van der Waals surface area (Å²) in [5, 5.41) is 10.7. The van der Waals surface area contributed by atoms with Gasteiger partial charge in [0.05, 0.1) is 31.1 Å². The number of aliphatic carboxylic acids is 1. The molecule has 0 bridgehead atoms. The molecule has 2 rings (SSSR count). The molecule has 0 aromatic carbocycles. The van der Waals surface area contributed by atoms with Gasteiger partial charge in [-0.1, -0.05) is 0 Å². The molecule has 0 saturated carbocycles. The monoisotopic (exact) mass is 276 g/mol. The molecule has 0 aliphatic carbocycles. The van der Waals surface area contributed by atoms with E-state index in [1.807, 2.05) is 0 Å². The van der Waals surface area contributed by atoms with Crippen molar-refractivity contribution in [3.63, 3.8) is 0 Å². The van der Waals surface area contributed by atoms with Gasteiger partial charge in [-0.25, -0.2) is 9.97 Å². The smallest absolute Gasteiger partial charge is 0.550 e. The molecule has 19 heavy (non-hydrogen) atoms. The largest absolute Gasteiger partial charge is 1.00 e. The van der Waals surface area contributed by atoms with Crippen LogP contribution in [0.25, 0.3) is 0 Å². The molecule has 0 spiro atoms. The summed E-state index contributed by atoms with van der Waals surface area (Å²) in [6.45, 7) is 3.09. The first-order valence-corrected chi connectivity index (χ1v) is 5.62. The maximum absolute atomic E-state index is 10.7. The van der Waals surface area contributed by atoms with Crippen LogP contribution in [0.1, 0.15) is 24.5 Å². The number of carboxylic acid groups (broad SMARTS) is 1. The quantitative estimate of drug-likeness (QED) is 0.509. The molecular weight excluding hydrogens is 263 g/mol. The topological polar surface area (TPSA) is 93.6 Å². The number of carbonyl (C=O) groups excluding carboxylic acids is 1. The Kier molecular flexibility index (Phi) is 6.67. The summed E-state index contributed by atoms with van der Waals surface area (Å²) in [4.78, 5) is 18.6. The van der Waals surface area contributed by atoms with Crippen molar-refractivity contribution in [2.45, 2.75) is 19.6 Å². The predicted molar refractivity (Wildman–Crippen MR) is 56.6 cm³/mol. The van der Waals surface area contributed by atoms with Gasteiger partial charge in [0.2, 0.25) is 5.88 Å². The fourth-order valence-corrected chi connectivity index (χ4v) is 1.70. The molecule has 1 fully saturated rings. The minimum Gasteiger partial charge on any atom is -0.550 e.